The van der Waals surface area contributed by atoms with Gasteiger partial charge in [-0.3, -0.25) is 23.8 Å². The van der Waals surface area contributed by atoms with Crippen molar-refractivity contribution in [2.75, 3.05) is 13.1 Å². The van der Waals surface area contributed by atoms with E-state index in [0.717, 1.165) is 14.4 Å². The molecule has 0 aliphatic carbocycles. The number of rotatable bonds is 10. The molecule has 13 heteroatoms. The fourth-order valence-electron chi connectivity index (χ4n) is 3.20. The van der Waals surface area contributed by atoms with Crippen molar-refractivity contribution in [2.24, 2.45) is 10.3 Å². The van der Waals surface area contributed by atoms with Crippen molar-refractivity contribution in [1.29, 1.82) is 10.5 Å². The third-order valence-corrected chi connectivity index (χ3v) is 6.39. The molecule has 0 atom stereocenters. The fourth-order valence-corrected chi connectivity index (χ4v) is 4.01. The molecular weight excluding hydrogens is 548 g/mol. The number of ketones is 2. The SMILES string of the molecule is CCN(CC)C(=O)O/N=C(\C#N)C(=O)c1ccc(Sc2ccc(C(=O)/C(C#N)=N/OC(=O)n3cccc3)cc2)cc1. The Morgan fingerprint density at radius 3 is 1.63 bits per heavy atom. The van der Waals surface area contributed by atoms with E-state index in [0.29, 0.717) is 13.1 Å². The summed E-state index contributed by atoms with van der Waals surface area (Å²) in [5.41, 5.74) is -0.812. The molecule has 206 valence electrons. The van der Waals surface area contributed by atoms with Crippen LogP contribution in [0.2, 0.25) is 0 Å². The second kappa shape index (κ2) is 14.6. The predicted molar refractivity (Wildman–Crippen MR) is 147 cm³/mol. The van der Waals surface area contributed by atoms with Gasteiger partial charge >= 0.3 is 12.2 Å². The highest BCUT2D eigenvalue weighted by Gasteiger charge is 2.18. The molecule has 0 aliphatic rings. The van der Waals surface area contributed by atoms with Gasteiger partial charge in [-0.25, -0.2) is 9.59 Å². The minimum atomic E-state index is -0.870. The van der Waals surface area contributed by atoms with E-state index in [1.807, 2.05) is 0 Å². The van der Waals surface area contributed by atoms with Gasteiger partial charge in [0.2, 0.25) is 23.0 Å². The third-order valence-electron chi connectivity index (χ3n) is 5.38. The van der Waals surface area contributed by atoms with Gasteiger partial charge in [0, 0.05) is 46.4 Å². The van der Waals surface area contributed by atoms with Gasteiger partial charge in [0.1, 0.15) is 12.1 Å². The van der Waals surface area contributed by atoms with Gasteiger partial charge in [0.15, 0.2) is 0 Å². The van der Waals surface area contributed by atoms with Crippen molar-refractivity contribution >= 4 is 46.9 Å². The fraction of sp³-hybridized carbons (Fsp3) is 0.143. The Labute approximate surface area is 239 Å². The highest BCUT2D eigenvalue weighted by atomic mass is 32.2. The van der Waals surface area contributed by atoms with Crippen molar-refractivity contribution in [2.45, 2.75) is 23.6 Å². The van der Waals surface area contributed by atoms with Gasteiger partial charge in [-0.05, 0) is 74.5 Å². The number of nitriles is 2. The minimum Gasteiger partial charge on any atom is -0.307 e. The standard InChI is InChI=1S/C28H22N6O6S/c1-3-33(4-2)27(37)39-31-23(17-29)25(35)19-7-11-21(12-8-19)41-22-13-9-20(10-14-22)26(36)24(18-30)32-40-28(38)34-15-5-6-16-34/h5-16H,3-4H2,1-2H3/b31-23+,32-24+. The zero-order valence-electron chi connectivity index (χ0n) is 21.9. The number of aromatic nitrogens is 1. The summed E-state index contributed by atoms with van der Waals surface area (Å²) in [6.45, 7) is 4.29. The Bertz CT molecular complexity index is 1560. The Morgan fingerprint density at radius 2 is 1.22 bits per heavy atom. The van der Waals surface area contributed by atoms with Crippen LogP contribution in [0.3, 0.4) is 0 Å². The second-order valence-corrected chi connectivity index (χ2v) is 9.04. The Kier molecular flexibility index (Phi) is 10.7. The molecule has 3 rings (SSSR count). The molecule has 0 saturated carbocycles. The predicted octanol–water partition coefficient (Wildman–Crippen LogP) is 4.93. The molecular formula is C28H22N6O6S. The zero-order chi connectivity index (χ0) is 29.8. The van der Waals surface area contributed by atoms with Crippen molar-refractivity contribution < 1.29 is 28.9 Å². The zero-order valence-corrected chi connectivity index (χ0v) is 22.7. The number of amides is 1. The summed E-state index contributed by atoms with van der Waals surface area (Å²) in [6.07, 6.45) is 1.23. The van der Waals surface area contributed by atoms with E-state index < -0.39 is 35.2 Å². The van der Waals surface area contributed by atoms with Gasteiger partial charge < -0.3 is 4.90 Å². The van der Waals surface area contributed by atoms with E-state index >= 15 is 0 Å². The molecule has 0 radical (unpaired) electrons. The first-order valence-electron chi connectivity index (χ1n) is 12.0. The van der Waals surface area contributed by atoms with Gasteiger partial charge in [-0.15, -0.1) is 0 Å². The normalized spacial score (nSPS) is 11.1. The van der Waals surface area contributed by atoms with Crippen LogP contribution in [0.4, 0.5) is 9.59 Å². The highest BCUT2D eigenvalue weighted by molar-refractivity contribution is 7.99. The summed E-state index contributed by atoms with van der Waals surface area (Å²) in [5.74, 6) is -1.42. The number of carbonyl (C=O) groups is 4. The number of Topliss-reactive ketones (excluding diaryl/α,β-unsaturated/α-hetero) is 2. The lowest BCUT2D eigenvalue weighted by Gasteiger charge is -2.15. The van der Waals surface area contributed by atoms with Gasteiger partial charge in [-0.1, -0.05) is 22.1 Å². The number of oxime groups is 2. The molecule has 2 aromatic carbocycles. The molecule has 12 nitrogen and oxygen atoms in total. The number of hydrogen-bond donors (Lipinski definition) is 0. The lowest BCUT2D eigenvalue weighted by atomic mass is 10.1. The van der Waals surface area contributed by atoms with Crippen LogP contribution in [0.25, 0.3) is 0 Å². The first kappa shape index (κ1) is 30.0. The Hall–Kier alpha value is -5.53. The summed E-state index contributed by atoms with van der Waals surface area (Å²) in [7, 11) is 0. The molecule has 0 N–H and O–H groups in total. The summed E-state index contributed by atoms with van der Waals surface area (Å²) in [4.78, 5) is 61.3. The average Bonchev–Trinajstić information content (AvgIpc) is 3.54. The van der Waals surface area contributed by atoms with E-state index in [-0.39, 0.29) is 11.1 Å². The summed E-state index contributed by atoms with van der Waals surface area (Å²) < 4.78 is 1.10. The second-order valence-electron chi connectivity index (χ2n) is 7.89. The van der Waals surface area contributed by atoms with E-state index in [1.165, 1.54) is 53.3 Å². The van der Waals surface area contributed by atoms with E-state index in [2.05, 4.69) is 15.1 Å². The van der Waals surface area contributed by atoms with Crippen molar-refractivity contribution in [1.82, 2.24) is 9.47 Å². The molecule has 0 unspecified atom stereocenters. The maximum absolute atomic E-state index is 12.6. The molecule has 0 bridgehead atoms. The maximum atomic E-state index is 12.6. The van der Waals surface area contributed by atoms with Crippen LogP contribution >= 0.6 is 11.8 Å². The van der Waals surface area contributed by atoms with Gasteiger partial charge in [0.25, 0.3) is 0 Å². The van der Waals surface area contributed by atoms with Gasteiger partial charge in [-0.2, -0.15) is 10.5 Å². The van der Waals surface area contributed by atoms with Crippen LogP contribution in [0.15, 0.2) is 93.2 Å². The Morgan fingerprint density at radius 1 is 0.780 bits per heavy atom. The van der Waals surface area contributed by atoms with Crippen LogP contribution in [-0.4, -0.2) is 57.7 Å². The van der Waals surface area contributed by atoms with Gasteiger partial charge in [0.05, 0.1) is 0 Å². The largest absolute Gasteiger partial charge is 0.444 e. The molecule has 0 aliphatic heterocycles. The number of hydrogen-bond acceptors (Lipinski definition) is 11. The summed E-state index contributed by atoms with van der Waals surface area (Å²) in [6, 6.07) is 19.1. The molecule has 0 fully saturated rings. The third kappa shape index (κ3) is 7.98. The average molecular weight is 571 g/mol. The first-order chi connectivity index (χ1) is 19.8. The lowest BCUT2D eigenvalue weighted by Crippen LogP contribution is -2.30. The Balaban J connectivity index is 1.63. The van der Waals surface area contributed by atoms with Crippen LogP contribution in [0.5, 0.6) is 0 Å². The van der Waals surface area contributed by atoms with Crippen molar-refractivity contribution in [3.63, 3.8) is 0 Å². The minimum absolute atomic E-state index is 0.164. The highest BCUT2D eigenvalue weighted by Crippen LogP contribution is 2.28. The van der Waals surface area contributed by atoms with Crippen LogP contribution in [0.1, 0.15) is 34.6 Å². The van der Waals surface area contributed by atoms with Crippen molar-refractivity contribution in [3.8, 4) is 12.1 Å². The van der Waals surface area contributed by atoms with E-state index in [1.54, 1.807) is 62.4 Å². The first-order valence-corrected chi connectivity index (χ1v) is 12.9. The molecule has 1 amide bonds. The molecule has 1 heterocycles. The molecule has 3 aromatic rings. The number of nitrogens with zero attached hydrogens (tertiary/aromatic N) is 6. The molecule has 0 saturated heterocycles. The quantitative estimate of drug-likeness (QED) is 0.142. The van der Waals surface area contributed by atoms with E-state index in [9.17, 15) is 29.7 Å². The lowest BCUT2D eigenvalue weighted by molar-refractivity contribution is 0.102. The molecule has 0 spiro atoms. The molecule has 41 heavy (non-hydrogen) atoms. The van der Waals surface area contributed by atoms with Crippen LogP contribution in [0, 0.1) is 22.7 Å². The topological polar surface area (TPSA) is 167 Å². The van der Waals surface area contributed by atoms with Crippen LogP contribution < -0.4 is 0 Å². The monoisotopic (exact) mass is 570 g/mol. The summed E-state index contributed by atoms with van der Waals surface area (Å²) >= 11 is 1.33. The summed E-state index contributed by atoms with van der Waals surface area (Å²) in [5, 5.41) is 25.4. The van der Waals surface area contributed by atoms with E-state index in [4.69, 9.17) is 4.84 Å². The van der Waals surface area contributed by atoms with Crippen molar-refractivity contribution in [3.05, 3.63) is 84.2 Å². The smallest absolute Gasteiger partial charge is 0.307 e. The number of carbonyl (C=O) groups excluding carboxylic acids is 4. The van der Waals surface area contributed by atoms with Crippen LogP contribution in [-0.2, 0) is 9.68 Å². The number of benzene rings is 2. The maximum Gasteiger partial charge on any atom is 0.444 e. The molecule has 1 aromatic heterocycles.